The van der Waals surface area contributed by atoms with Crippen LogP contribution in [0.1, 0.15) is 35.1 Å². The number of hydrogen-bond donors (Lipinski definition) is 2. The third-order valence-electron chi connectivity index (χ3n) is 3.32. The van der Waals surface area contributed by atoms with Crippen molar-refractivity contribution in [2.24, 2.45) is 0 Å². The lowest BCUT2D eigenvalue weighted by Crippen LogP contribution is -2.12. The summed E-state index contributed by atoms with van der Waals surface area (Å²) in [6, 6.07) is 9.22. The molecule has 3 N–H and O–H groups in total. The molecule has 0 atom stereocenters. The second kappa shape index (κ2) is 5.73. The molecule has 3 heterocycles. The topological polar surface area (TPSA) is 80.9 Å². The second-order valence-electron chi connectivity index (χ2n) is 5.26. The number of amides is 1. The van der Waals surface area contributed by atoms with Crippen LogP contribution in [0.2, 0.25) is 0 Å². The van der Waals surface area contributed by atoms with Crippen LogP contribution in [-0.4, -0.2) is 15.9 Å². The molecule has 0 unspecified atom stereocenters. The summed E-state index contributed by atoms with van der Waals surface area (Å²) in [5.41, 5.74) is 7.57. The van der Waals surface area contributed by atoms with E-state index in [0.717, 1.165) is 15.9 Å². The number of nitrogens with zero attached hydrogens (tertiary/aromatic N) is 2. The first-order valence-electron chi connectivity index (χ1n) is 6.97. The Morgan fingerprint density at radius 1 is 1.27 bits per heavy atom. The van der Waals surface area contributed by atoms with E-state index in [1.165, 1.54) is 11.3 Å². The third-order valence-corrected chi connectivity index (χ3v) is 4.43. The van der Waals surface area contributed by atoms with E-state index in [-0.39, 0.29) is 5.91 Å². The zero-order valence-corrected chi connectivity index (χ0v) is 13.1. The van der Waals surface area contributed by atoms with Gasteiger partial charge in [0.25, 0.3) is 5.91 Å². The number of nitrogen functional groups attached to an aromatic ring is 1. The number of hydrogen-bond acceptors (Lipinski definition) is 5. The first-order valence-corrected chi connectivity index (χ1v) is 7.79. The summed E-state index contributed by atoms with van der Waals surface area (Å²) in [5, 5.41) is 3.57. The lowest BCUT2D eigenvalue weighted by molar-refractivity contribution is 0.103. The molecule has 112 valence electrons. The van der Waals surface area contributed by atoms with Crippen molar-refractivity contribution in [1.82, 2.24) is 9.97 Å². The van der Waals surface area contributed by atoms with Gasteiger partial charge in [-0.05, 0) is 30.2 Å². The van der Waals surface area contributed by atoms with Gasteiger partial charge in [0.1, 0.15) is 15.5 Å². The number of anilines is 2. The highest BCUT2D eigenvalue weighted by molar-refractivity contribution is 7.21. The zero-order valence-electron chi connectivity index (χ0n) is 12.3. The number of thiophene rings is 1. The molecule has 3 aromatic heterocycles. The van der Waals surface area contributed by atoms with Crippen LogP contribution in [0.5, 0.6) is 0 Å². The first-order chi connectivity index (χ1) is 10.6. The largest absolute Gasteiger partial charge is 0.397 e. The Morgan fingerprint density at radius 2 is 2.09 bits per heavy atom. The molecule has 0 radical (unpaired) electrons. The van der Waals surface area contributed by atoms with Crippen molar-refractivity contribution < 1.29 is 4.79 Å². The summed E-state index contributed by atoms with van der Waals surface area (Å²) < 4.78 is 0. The van der Waals surface area contributed by atoms with Crippen LogP contribution in [0.4, 0.5) is 11.5 Å². The number of aromatic nitrogens is 2. The van der Waals surface area contributed by atoms with E-state index in [9.17, 15) is 4.79 Å². The number of rotatable bonds is 3. The van der Waals surface area contributed by atoms with E-state index >= 15 is 0 Å². The maximum Gasteiger partial charge on any atom is 0.269 e. The minimum Gasteiger partial charge on any atom is -0.397 e. The van der Waals surface area contributed by atoms with Crippen LogP contribution in [0.3, 0.4) is 0 Å². The van der Waals surface area contributed by atoms with Gasteiger partial charge in [0.15, 0.2) is 0 Å². The van der Waals surface area contributed by atoms with E-state index < -0.39 is 0 Å². The van der Waals surface area contributed by atoms with Crippen molar-refractivity contribution in [3.63, 3.8) is 0 Å². The number of carbonyl (C=O) groups excluding carboxylic acids is 1. The minimum atomic E-state index is -0.259. The van der Waals surface area contributed by atoms with Crippen molar-refractivity contribution in [3.05, 3.63) is 47.1 Å². The molecule has 6 heteroatoms. The fraction of sp³-hybridized carbons (Fsp3) is 0.188. The lowest BCUT2D eigenvalue weighted by atomic mass is 10.1. The van der Waals surface area contributed by atoms with E-state index in [2.05, 4.69) is 29.1 Å². The van der Waals surface area contributed by atoms with E-state index in [0.29, 0.717) is 22.3 Å². The average molecular weight is 312 g/mol. The van der Waals surface area contributed by atoms with Crippen LogP contribution >= 0.6 is 11.3 Å². The quantitative estimate of drug-likeness (QED) is 0.773. The van der Waals surface area contributed by atoms with Crippen molar-refractivity contribution in [2.45, 2.75) is 19.8 Å². The normalized spacial score (nSPS) is 11.0. The Hall–Kier alpha value is -2.47. The fourth-order valence-corrected chi connectivity index (χ4v) is 3.11. The maximum atomic E-state index is 12.4. The molecule has 1 amide bonds. The molecule has 0 aliphatic carbocycles. The molecule has 22 heavy (non-hydrogen) atoms. The van der Waals surface area contributed by atoms with Crippen LogP contribution in [0.15, 0.2) is 36.5 Å². The molecule has 0 bridgehead atoms. The summed E-state index contributed by atoms with van der Waals surface area (Å²) in [6.45, 7) is 4.17. The Bertz CT molecular complexity index is 827. The molecule has 0 aliphatic rings. The summed E-state index contributed by atoms with van der Waals surface area (Å²) in [4.78, 5) is 22.3. The van der Waals surface area contributed by atoms with E-state index in [4.69, 9.17) is 5.73 Å². The summed E-state index contributed by atoms with van der Waals surface area (Å²) in [6.07, 6.45) is 1.63. The number of pyridine rings is 2. The Balaban J connectivity index is 1.96. The van der Waals surface area contributed by atoms with Crippen molar-refractivity contribution in [1.29, 1.82) is 0 Å². The van der Waals surface area contributed by atoms with Crippen LogP contribution in [-0.2, 0) is 0 Å². The van der Waals surface area contributed by atoms with Crippen LogP contribution < -0.4 is 11.1 Å². The number of carbonyl (C=O) groups is 1. The van der Waals surface area contributed by atoms with Gasteiger partial charge in [0.2, 0.25) is 0 Å². The number of nitrogens with one attached hydrogen (secondary N) is 1. The van der Waals surface area contributed by atoms with Crippen molar-refractivity contribution in [3.8, 4) is 0 Å². The zero-order chi connectivity index (χ0) is 15.7. The lowest BCUT2D eigenvalue weighted by Gasteiger charge is -2.03. The van der Waals surface area contributed by atoms with Crippen LogP contribution in [0, 0.1) is 0 Å². The second-order valence-corrected chi connectivity index (χ2v) is 6.26. The average Bonchev–Trinajstić information content (AvgIpc) is 2.85. The predicted molar refractivity (Wildman–Crippen MR) is 90.3 cm³/mol. The highest BCUT2D eigenvalue weighted by atomic mass is 32.1. The molecular formula is C16H16N4OS. The molecule has 5 nitrogen and oxygen atoms in total. The molecule has 0 fully saturated rings. The van der Waals surface area contributed by atoms with E-state index in [1.54, 1.807) is 18.3 Å². The molecule has 0 saturated heterocycles. The smallest absolute Gasteiger partial charge is 0.269 e. The molecule has 0 aliphatic heterocycles. The third kappa shape index (κ3) is 2.65. The highest BCUT2D eigenvalue weighted by Gasteiger charge is 2.18. The number of fused-ring (bicyclic) bond motifs is 1. The Morgan fingerprint density at radius 3 is 2.77 bits per heavy atom. The Labute approximate surface area is 132 Å². The van der Waals surface area contributed by atoms with Gasteiger partial charge in [-0.15, -0.1) is 11.3 Å². The predicted octanol–water partition coefficient (Wildman–Crippen LogP) is 3.65. The van der Waals surface area contributed by atoms with E-state index in [1.807, 2.05) is 18.2 Å². The number of nitrogens with two attached hydrogens (primary N) is 1. The molecule has 0 aromatic carbocycles. The Kier molecular flexibility index (Phi) is 3.77. The summed E-state index contributed by atoms with van der Waals surface area (Å²) >= 11 is 1.31. The first kappa shape index (κ1) is 14.5. The fourth-order valence-electron chi connectivity index (χ4n) is 2.11. The van der Waals surface area contributed by atoms with Crippen molar-refractivity contribution >= 4 is 39.0 Å². The maximum absolute atomic E-state index is 12.4. The molecule has 3 aromatic rings. The standard InChI is InChI=1S/C16H16N4OS/c1-9(2)11-7-6-10-13(17)14(22-16(10)19-11)15(21)20-12-5-3-4-8-18-12/h3-9H,17H2,1-2H3,(H,18,20,21). The molecule has 0 spiro atoms. The van der Waals surface area contributed by atoms with Gasteiger partial charge in [0.05, 0.1) is 5.69 Å². The minimum absolute atomic E-state index is 0.259. The summed E-state index contributed by atoms with van der Waals surface area (Å²) in [7, 11) is 0. The molecular weight excluding hydrogens is 296 g/mol. The van der Waals surface area contributed by atoms with Crippen LogP contribution in [0.25, 0.3) is 10.2 Å². The van der Waals surface area contributed by atoms with Gasteiger partial charge in [-0.1, -0.05) is 19.9 Å². The monoisotopic (exact) mass is 312 g/mol. The SMILES string of the molecule is CC(C)c1ccc2c(N)c(C(=O)Nc3ccccn3)sc2n1. The highest BCUT2D eigenvalue weighted by Crippen LogP contribution is 2.33. The van der Waals surface area contributed by atoms with Gasteiger partial charge < -0.3 is 11.1 Å². The van der Waals surface area contributed by atoms with Gasteiger partial charge in [-0.2, -0.15) is 0 Å². The van der Waals surface area contributed by atoms with Crippen molar-refractivity contribution in [2.75, 3.05) is 11.1 Å². The van der Waals surface area contributed by atoms with Gasteiger partial charge in [0, 0.05) is 17.3 Å². The van der Waals surface area contributed by atoms with Gasteiger partial charge in [-0.25, -0.2) is 9.97 Å². The molecule has 0 saturated carbocycles. The van der Waals surface area contributed by atoms with Gasteiger partial charge in [-0.3, -0.25) is 4.79 Å². The van der Waals surface area contributed by atoms with Gasteiger partial charge >= 0.3 is 0 Å². The summed E-state index contributed by atoms with van der Waals surface area (Å²) in [5.74, 6) is 0.573. The molecule has 3 rings (SSSR count).